The van der Waals surface area contributed by atoms with Crippen molar-refractivity contribution in [3.8, 4) is 0 Å². The third-order valence-corrected chi connectivity index (χ3v) is 2.77. The molecule has 0 radical (unpaired) electrons. The molecule has 0 bridgehead atoms. The van der Waals surface area contributed by atoms with Crippen LogP contribution in [0.15, 0.2) is 23.5 Å². The Labute approximate surface area is 107 Å². The number of carboxylic acid groups (broad SMARTS) is 1. The molecule has 18 heavy (non-hydrogen) atoms. The van der Waals surface area contributed by atoms with Crippen LogP contribution in [0.25, 0.3) is 0 Å². The lowest BCUT2D eigenvalue weighted by molar-refractivity contribution is -0.132. The minimum absolute atomic E-state index is 0.161. The maximum Gasteiger partial charge on any atom is 0.335 e. The van der Waals surface area contributed by atoms with Gasteiger partial charge in [0, 0.05) is 13.7 Å². The highest BCUT2D eigenvalue weighted by Crippen LogP contribution is 2.24. The third kappa shape index (κ3) is 3.58. The van der Waals surface area contributed by atoms with E-state index in [2.05, 4.69) is 6.92 Å². The maximum absolute atomic E-state index is 11.0. The molecule has 0 aromatic rings. The van der Waals surface area contributed by atoms with E-state index in [1.165, 1.54) is 20.3 Å². The lowest BCUT2D eigenvalue weighted by Crippen LogP contribution is -2.35. The zero-order valence-corrected chi connectivity index (χ0v) is 11.0. The molecule has 0 heterocycles. The molecule has 1 aliphatic carbocycles. The van der Waals surface area contributed by atoms with Gasteiger partial charge < -0.3 is 19.3 Å². The standard InChI is InChI=1S/C13H20O5/c1-4-5-6-18-12-10(16-2)7-9(13(14)15)8-11(12)17-3/h7-8,10,12H,4-6H2,1-3H3,(H,14,15)/t10-,12?/m1/s1. The first-order valence-electron chi connectivity index (χ1n) is 5.99. The molecule has 0 aromatic heterocycles. The van der Waals surface area contributed by atoms with Crippen LogP contribution in [0.4, 0.5) is 0 Å². The number of carboxylic acids is 1. The van der Waals surface area contributed by atoms with Gasteiger partial charge in [0.2, 0.25) is 0 Å². The van der Waals surface area contributed by atoms with Crippen LogP contribution in [-0.4, -0.2) is 44.1 Å². The number of hydrogen-bond donors (Lipinski definition) is 1. The average molecular weight is 256 g/mol. The van der Waals surface area contributed by atoms with Crippen molar-refractivity contribution in [2.75, 3.05) is 20.8 Å². The minimum atomic E-state index is -1.00. The summed E-state index contributed by atoms with van der Waals surface area (Å²) in [5, 5.41) is 9.00. The van der Waals surface area contributed by atoms with Gasteiger partial charge in [-0.25, -0.2) is 4.79 Å². The quantitative estimate of drug-likeness (QED) is 0.703. The average Bonchev–Trinajstić information content (AvgIpc) is 2.38. The van der Waals surface area contributed by atoms with Crippen LogP contribution in [0.2, 0.25) is 0 Å². The van der Waals surface area contributed by atoms with Crippen LogP contribution < -0.4 is 0 Å². The van der Waals surface area contributed by atoms with E-state index in [0.29, 0.717) is 12.4 Å². The van der Waals surface area contributed by atoms with Crippen molar-refractivity contribution in [2.24, 2.45) is 0 Å². The van der Waals surface area contributed by atoms with E-state index in [-0.39, 0.29) is 11.7 Å². The van der Waals surface area contributed by atoms with Crippen LogP contribution in [0, 0.1) is 0 Å². The van der Waals surface area contributed by atoms with Gasteiger partial charge in [-0.2, -0.15) is 0 Å². The Morgan fingerprint density at radius 3 is 2.67 bits per heavy atom. The van der Waals surface area contributed by atoms with Crippen molar-refractivity contribution in [1.29, 1.82) is 0 Å². The molecule has 0 saturated heterocycles. The zero-order chi connectivity index (χ0) is 13.5. The molecule has 0 amide bonds. The zero-order valence-electron chi connectivity index (χ0n) is 11.0. The number of unbranched alkanes of at least 4 members (excludes halogenated alkanes) is 1. The van der Waals surface area contributed by atoms with E-state index in [4.69, 9.17) is 19.3 Å². The smallest absolute Gasteiger partial charge is 0.335 e. The van der Waals surface area contributed by atoms with E-state index in [1.807, 2.05) is 0 Å². The molecule has 0 aromatic carbocycles. The molecule has 5 nitrogen and oxygen atoms in total. The van der Waals surface area contributed by atoms with Gasteiger partial charge in [0.05, 0.1) is 12.7 Å². The number of ether oxygens (including phenoxy) is 3. The number of rotatable bonds is 7. The fourth-order valence-corrected chi connectivity index (χ4v) is 1.74. The second-order valence-corrected chi connectivity index (χ2v) is 4.02. The molecular weight excluding hydrogens is 236 g/mol. The summed E-state index contributed by atoms with van der Waals surface area (Å²) in [5.74, 6) is -0.517. The van der Waals surface area contributed by atoms with Crippen molar-refractivity contribution < 1.29 is 24.1 Å². The first-order chi connectivity index (χ1) is 8.63. The van der Waals surface area contributed by atoms with Gasteiger partial charge in [-0.15, -0.1) is 0 Å². The molecule has 0 saturated carbocycles. The van der Waals surface area contributed by atoms with E-state index < -0.39 is 12.1 Å². The topological polar surface area (TPSA) is 65.0 Å². The van der Waals surface area contributed by atoms with Crippen molar-refractivity contribution in [2.45, 2.75) is 32.0 Å². The van der Waals surface area contributed by atoms with Gasteiger partial charge in [0.25, 0.3) is 0 Å². The second kappa shape index (κ2) is 7.18. The summed E-state index contributed by atoms with van der Waals surface area (Å²) in [6.45, 7) is 2.67. The van der Waals surface area contributed by atoms with Gasteiger partial charge >= 0.3 is 5.97 Å². The Hall–Kier alpha value is -1.33. The molecular formula is C13H20O5. The Morgan fingerprint density at radius 1 is 1.44 bits per heavy atom. The summed E-state index contributed by atoms with van der Waals surface area (Å²) < 4.78 is 16.2. The summed E-state index contributed by atoms with van der Waals surface area (Å²) in [6, 6.07) is 0. The molecule has 2 atom stereocenters. The molecule has 0 spiro atoms. The molecule has 1 N–H and O–H groups in total. The fraction of sp³-hybridized carbons (Fsp3) is 0.615. The summed E-state index contributed by atoms with van der Waals surface area (Å²) >= 11 is 0. The number of carbonyl (C=O) groups is 1. The highest BCUT2D eigenvalue weighted by atomic mass is 16.6. The van der Waals surface area contributed by atoms with Crippen molar-refractivity contribution >= 4 is 5.97 Å². The lowest BCUT2D eigenvalue weighted by Gasteiger charge is -2.28. The molecule has 102 valence electrons. The summed E-state index contributed by atoms with van der Waals surface area (Å²) in [6.07, 6.45) is 4.18. The van der Waals surface area contributed by atoms with Gasteiger partial charge in [0.15, 0.2) is 0 Å². The van der Waals surface area contributed by atoms with E-state index in [0.717, 1.165) is 12.8 Å². The Balaban J connectivity index is 2.83. The minimum Gasteiger partial charge on any atom is -0.498 e. The number of hydrogen-bond acceptors (Lipinski definition) is 4. The molecule has 1 rings (SSSR count). The largest absolute Gasteiger partial charge is 0.498 e. The highest BCUT2D eigenvalue weighted by molar-refractivity contribution is 5.90. The second-order valence-electron chi connectivity index (χ2n) is 4.02. The van der Waals surface area contributed by atoms with Gasteiger partial charge in [-0.05, 0) is 18.6 Å². The molecule has 0 aliphatic heterocycles. The van der Waals surface area contributed by atoms with Crippen LogP contribution in [-0.2, 0) is 19.0 Å². The van der Waals surface area contributed by atoms with Crippen molar-refractivity contribution in [3.05, 3.63) is 23.5 Å². The van der Waals surface area contributed by atoms with Gasteiger partial charge in [0.1, 0.15) is 18.0 Å². The normalized spacial score (nSPS) is 23.3. The fourth-order valence-electron chi connectivity index (χ4n) is 1.74. The molecule has 5 heteroatoms. The van der Waals surface area contributed by atoms with Gasteiger partial charge in [-0.1, -0.05) is 13.3 Å². The SMILES string of the molecule is CCCCOC1C(OC)=CC(C(=O)O)=C[C@H]1OC. The predicted octanol–water partition coefficient (Wildman–Crippen LogP) is 1.74. The summed E-state index contributed by atoms with van der Waals surface area (Å²) in [7, 11) is 3.02. The summed E-state index contributed by atoms with van der Waals surface area (Å²) in [5.41, 5.74) is 0.161. The van der Waals surface area contributed by atoms with Crippen molar-refractivity contribution in [1.82, 2.24) is 0 Å². The van der Waals surface area contributed by atoms with E-state index in [9.17, 15) is 4.79 Å². The maximum atomic E-state index is 11.0. The Morgan fingerprint density at radius 2 is 2.17 bits per heavy atom. The van der Waals surface area contributed by atoms with Crippen LogP contribution >= 0.6 is 0 Å². The van der Waals surface area contributed by atoms with Crippen LogP contribution in [0.1, 0.15) is 19.8 Å². The van der Waals surface area contributed by atoms with E-state index >= 15 is 0 Å². The number of aliphatic carboxylic acids is 1. The predicted molar refractivity (Wildman–Crippen MR) is 66.3 cm³/mol. The van der Waals surface area contributed by atoms with Crippen LogP contribution in [0.3, 0.4) is 0 Å². The Kier molecular flexibility index (Phi) is 5.88. The highest BCUT2D eigenvalue weighted by Gasteiger charge is 2.31. The number of methoxy groups -OCH3 is 2. The lowest BCUT2D eigenvalue weighted by atomic mass is 10.00. The molecule has 1 aliphatic rings. The molecule has 1 unspecified atom stereocenters. The first-order valence-corrected chi connectivity index (χ1v) is 5.99. The van der Waals surface area contributed by atoms with Crippen molar-refractivity contribution in [3.63, 3.8) is 0 Å². The molecule has 0 fully saturated rings. The van der Waals surface area contributed by atoms with Gasteiger partial charge in [-0.3, -0.25) is 0 Å². The monoisotopic (exact) mass is 256 g/mol. The van der Waals surface area contributed by atoms with E-state index in [1.54, 1.807) is 6.08 Å². The summed E-state index contributed by atoms with van der Waals surface area (Å²) in [4.78, 5) is 11.0. The Bertz CT molecular complexity index is 345. The van der Waals surface area contributed by atoms with Crippen LogP contribution in [0.5, 0.6) is 0 Å². The third-order valence-electron chi connectivity index (χ3n) is 2.77. The first kappa shape index (κ1) is 14.7.